The predicted molar refractivity (Wildman–Crippen MR) is 41.2 cm³/mol. The van der Waals surface area contributed by atoms with Crippen LogP contribution in [0, 0.1) is 0 Å². The van der Waals surface area contributed by atoms with Gasteiger partial charge in [-0.1, -0.05) is 6.07 Å². The van der Waals surface area contributed by atoms with E-state index in [1.165, 1.54) is 12.1 Å². The maximum absolute atomic E-state index is 10.8. The highest BCUT2D eigenvalue weighted by Gasteiger charge is 2.33. The number of ether oxygens (including phenoxy) is 1. The van der Waals surface area contributed by atoms with Gasteiger partial charge in [0.25, 0.3) is 10.1 Å². The Morgan fingerprint density at radius 2 is 2.00 bits per heavy atom. The Morgan fingerprint density at radius 1 is 1.31 bits per heavy atom. The first-order valence-corrected chi connectivity index (χ1v) is 4.77. The molecule has 1 aliphatic rings. The van der Waals surface area contributed by atoms with Crippen LogP contribution in [-0.4, -0.2) is 18.9 Å². The summed E-state index contributed by atoms with van der Waals surface area (Å²) in [5.74, 6) is -0.552. The zero-order valence-corrected chi connectivity index (χ0v) is 7.04. The molecule has 1 aromatic carbocycles. The molecule has 0 amide bonds. The fourth-order valence-electron chi connectivity index (χ4n) is 1.12. The minimum absolute atomic E-state index is 0.0787. The van der Waals surface area contributed by atoms with E-state index in [4.69, 9.17) is 4.55 Å². The molecular weight excluding hydrogens is 196 g/mol. The summed E-state index contributed by atoms with van der Waals surface area (Å²) < 4.78 is 34.7. The molecule has 0 saturated carbocycles. The van der Waals surface area contributed by atoms with Gasteiger partial charge in [0.05, 0.1) is 0 Å². The standard InChI is InChI=1S/C7H4O5S/c8-7-6-4(12-7)2-1-3-5(6)13(9,10)11/h1-3H,(H,9,10,11). The van der Waals surface area contributed by atoms with Gasteiger partial charge in [-0.25, -0.2) is 4.79 Å². The van der Waals surface area contributed by atoms with Crippen LogP contribution in [0.4, 0.5) is 0 Å². The fourth-order valence-corrected chi connectivity index (χ4v) is 1.81. The van der Waals surface area contributed by atoms with Crippen LogP contribution < -0.4 is 4.74 Å². The normalized spacial score (nSPS) is 14.4. The molecule has 5 nitrogen and oxygen atoms in total. The summed E-state index contributed by atoms with van der Waals surface area (Å²) in [6, 6.07) is 3.98. The highest BCUT2D eigenvalue weighted by atomic mass is 32.2. The Morgan fingerprint density at radius 3 is 2.46 bits per heavy atom. The number of hydrogen-bond acceptors (Lipinski definition) is 4. The van der Waals surface area contributed by atoms with Gasteiger partial charge in [0.1, 0.15) is 16.2 Å². The molecule has 1 heterocycles. The van der Waals surface area contributed by atoms with Crippen LogP contribution in [-0.2, 0) is 10.1 Å². The smallest absolute Gasteiger partial charge is 0.348 e. The van der Waals surface area contributed by atoms with Crippen molar-refractivity contribution in [2.75, 3.05) is 0 Å². The van der Waals surface area contributed by atoms with E-state index in [-0.39, 0.29) is 11.3 Å². The molecule has 2 rings (SSSR count). The summed E-state index contributed by atoms with van der Waals surface area (Å²) in [4.78, 5) is 10.4. The molecule has 1 N–H and O–H groups in total. The summed E-state index contributed by atoms with van der Waals surface area (Å²) in [6.07, 6.45) is 0. The fraction of sp³-hybridized carbons (Fsp3) is 0. The Balaban J connectivity index is 2.74. The van der Waals surface area contributed by atoms with E-state index in [0.29, 0.717) is 0 Å². The van der Waals surface area contributed by atoms with Crippen molar-refractivity contribution < 1.29 is 22.5 Å². The second kappa shape index (κ2) is 2.30. The molecular formula is C7H4O5S. The monoisotopic (exact) mass is 200 g/mol. The lowest BCUT2D eigenvalue weighted by Crippen LogP contribution is -2.24. The molecule has 0 saturated heterocycles. The first-order valence-electron chi connectivity index (χ1n) is 3.33. The Bertz CT molecular complexity index is 488. The van der Waals surface area contributed by atoms with Crippen LogP contribution in [0.1, 0.15) is 10.4 Å². The highest BCUT2D eigenvalue weighted by molar-refractivity contribution is 7.86. The molecule has 0 aliphatic carbocycles. The van der Waals surface area contributed by atoms with E-state index in [9.17, 15) is 13.2 Å². The number of rotatable bonds is 1. The van der Waals surface area contributed by atoms with E-state index in [1.807, 2.05) is 0 Å². The van der Waals surface area contributed by atoms with Crippen molar-refractivity contribution in [3.05, 3.63) is 23.8 Å². The minimum atomic E-state index is -4.34. The molecule has 1 aliphatic heterocycles. The predicted octanol–water partition coefficient (Wildman–Crippen LogP) is 0.466. The van der Waals surface area contributed by atoms with Crippen molar-refractivity contribution in [2.45, 2.75) is 4.90 Å². The number of carbonyl (C=O) groups excluding carboxylic acids is 1. The van der Waals surface area contributed by atoms with Gasteiger partial charge in [-0.15, -0.1) is 0 Å². The number of carbonyl (C=O) groups is 1. The molecule has 0 unspecified atom stereocenters. The summed E-state index contributed by atoms with van der Waals surface area (Å²) in [5, 5.41) is 0. The van der Waals surface area contributed by atoms with Gasteiger partial charge >= 0.3 is 5.97 Å². The second-order valence-corrected chi connectivity index (χ2v) is 3.88. The van der Waals surface area contributed by atoms with Crippen molar-refractivity contribution in [3.8, 4) is 5.75 Å². The molecule has 0 aromatic heterocycles. The Hall–Kier alpha value is -1.40. The topological polar surface area (TPSA) is 80.7 Å². The minimum Gasteiger partial charge on any atom is -0.422 e. The molecule has 0 atom stereocenters. The van der Waals surface area contributed by atoms with Gasteiger partial charge in [0.15, 0.2) is 0 Å². The lowest BCUT2D eigenvalue weighted by molar-refractivity contribution is 0.0651. The van der Waals surface area contributed by atoms with Crippen LogP contribution in [0.5, 0.6) is 5.75 Å². The second-order valence-electron chi connectivity index (χ2n) is 2.49. The maximum atomic E-state index is 10.8. The van der Waals surface area contributed by atoms with Gasteiger partial charge in [-0.3, -0.25) is 4.55 Å². The van der Waals surface area contributed by atoms with E-state index in [2.05, 4.69) is 4.74 Å². The first kappa shape index (κ1) is 8.21. The number of hydrogen-bond donors (Lipinski definition) is 1. The zero-order chi connectivity index (χ0) is 9.64. The molecule has 6 heteroatoms. The van der Waals surface area contributed by atoms with Gasteiger partial charge in [0, 0.05) is 0 Å². The van der Waals surface area contributed by atoms with Crippen molar-refractivity contribution in [3.63, 3.8) is 0 Å². The maximum Gasteiger partial charge on any atom is 0.348 e. The number of fused-ring (bicyclic) bond motifs is 1. The van der Waals surface area contributed by atoms with Crippen molar-refractivity contribution >= 4 is 16.1 Å². The van der Waals surface area contributed by atoms with Crippen molar-refractivity contribution in [1.29, 1.82) is 0 Å². The van der Waals surface area contributed by atoms with Gasteiger partial charge in [-0.2, -0.15) is 8.42 Å². The Kier molecular flexibility index (Phi) is 1.45. The van der Waals surface area contributed by atoms with E-state index in [1.54, 1.807) is 0 Å². The summed E-state index contributed by atoms with van der Waals surface area (Å²) in [7, 11) is -4.34. The van der Waals surface area contributed by atoms with Gasteiger partial charge in [-0.05, 0) is 12.1 Å². The van der Waals surface area contributed by atoms with Crippen molar-refractivity contribution in [2.24, 2.45) is 0 Å². The van der Waals surface area contributed by atoms with Crippen LogP contribution in [0.3, 0.4) is 0 Å². The van der Waals surface area contributed by atoms with Crippen molar-refractivity contribution in [1.82, 2.24) is 0 Å². The summed E-state index contributed by atoms with van der Waals surface area (Å²) >= 11 is 0. The molecule has 1 aromatic rings. The van der Waals surface area contributed by atoms with E-state index in [0.717, 1.165) is 6.07 Å². The SMILES string of the molecule is O=C1Oc2cccc(S(=O)(=O)O)c21. The molecule has 0 spiro atoms. The van der Waals surface area contributed by atoms with Crippen LogP contribution in [0.15, 0.2) is 23.1 Å². The molecule has 68 valence electrons. The molecule has 0 bridgehead atoms. The lowest BCUT2D eigenvalue weighted by Gasteiger charge is -2.18. The van der Waals surface area contributed by atoms with Crippen LogP contribution >= 0.6 is 0 Å². The van der Waals surface area contributed by atoms with E-state index >= 15 is 0 Å². The van der Waals surface area contributed by atoms with Gasteiger partial charge < -0.3 is 4.74 Å². The first-order chi connectivity index (χ1) is 6.00. The van der Waals surface area contributed by atoms with Crippen LogP contribution in [0.2, 0.25) is 0 Å². The largest absolute Gasteiger partial charge is 0.422 e. The van der Waals surface area contributed by atoms with Crippen LogP contribution in [0.25, 0.3) is 0 Å². The molecule has 0 fully saturated rings. The third kappa shape index (κ3) is 1.11. The lowest BCUT2D eigenvalue weighted by atomic mass is 10.1. The quantitative estimate of drug-likeness (QED) is 0.526. The number of esters is 1. The van der Waals surface area contributed by atoms with E-state index < -0.39 is 21.0 Å². The average molecular weight is 200 g/mol. The molecule has 13 heavy (non-hydrogen) atoms. The zero-order valence-electron chi connectivity index (χ0n) is 6.22. The molecule has 0 radical (unpaired) electrons. The average Bonchev–Trinajstić information content (AvgIpc) is 2.00. The summed E-state index contributed by atoms with van der Waals surface area (Å²) in [6.45, 7) is 0. The number of benzene rings is 1. The Labute approximate surface area is 73.7 Å². The summed E-state index contributed by atoms with van der Waals surface area (Å²) in [5.41, 5.74) is -0.0787. The third-order valence-corrected chi connectivity index (χ3v) is 2.57. The van der Waals surface area contributed by atoms with Gasteiger partial charge in [0.2, 0.25) is 0 Å². The third-order valence-electron chi connectivity index (χ3n) is 1.67. The highest BCUT2D eigenvalue weighted by Crippen LogP contribution is 2.33.